The lowest BCUT2D eigenvalue weighted by Gasteiger charge is -2.25. The first-order valence-corrected chi connectivity index (χ1v) is 12.6. The van der Waals surface area contributed by atoms with Crippen molar-refractivity contribution in [1.29, 1.82) is 0 Å². The fraction of sp³-hybridized carbons (Fsp3) is 0.344. The summed E-state index contributed by atoms with van der Waals surface area (Å²) >= 11 is 0. The molecule has 3 aromatic carbocycles. The molecular formula is C32H35N2+. The van der Waals surface area contributed by atoms with Gasteiger partial charge in [-0.1, -0.05) is 58.9 Å². The highest BCUT2D eigenvalue weighted by atomic mass is 15.0. The van der Waals surface area contributed by atoms with E-state index in [1.165, 1.54) is 71.3 Å². The van der Waals surface area contributed by atoms with Gasteiger partial charge in [0, 0.05) is 16.8 Å². The second kappa shape index (κ2) is 6.95. The molecule has 0 unspecified atom stereocenters. The van der Waals surface area contributed by atoms with Crippen molar-refractivity contribution in [2.24, 2.45) is 13.0 Å². The molecule has 0 N–H and O–H groups in total. The van der Waals surface area contributed by atoms with Gasteiger partial charge in [-0.05, 0) is 71.4 Å². The summed E-state index contributed by atoms with van der Waals surface area (Å²) in [4.78, 5) is 0. The molecule has 0 amide bonds. The summed E-state index contributed by atoms with van der Waals surface area (Å²) in [6.45, 7) is 16.3. The molecule has 3 heterocycles. The monoisotopic (exact) mass is 447 g/mol. The molecule has 2 nitrogen and oxygen atoms in total. The molecule has 172 valence electrons. The number of rotatable bonds is 2. The topological polar surface area (TPSA) is 8.29 Å². The molecule has 2 heteroatoms. The summed E-state index contributed by atoms with van der Waals surface area (Å²) in [6.07, 6.45) is 3.34. The number of hydrogen-bond acceptors (Lipinski definition) is 0. The summed E-state index contributed by atoms with van der Waals surface area (Å²) in [7, 11) is 2.21. The van der Waals surface area contributed by atoms with Gasteiger partial charge in [0.25, 0.3) is 0 Å². The van der Waals surface area contributed by atoms with Crippen LogP contribution in [-0.2, 0) is 18.9 Å². The molecule has 0 aliphatic heterocycles. The van der Waals surface area contributed by atoms with Crippen molar-refractivity contribution in [1.82, 2.24) is 4.40 Å². The lowest BCUT2D eigenvalue weighted by molar-refractivity contribution is -0.643. The Kier molecular flexibility index (Phi) is 4.37. The lowest BCUT2D eigenvalue weighted by Crippen LogP contribution is -2.29. The molecule has 0 radical (unpaired) electrons. The summed E-state index contributed by atoms with van der Waals surface area (Å²) in [5, 5.41) is 6.95. The van der Waals surface area contributed by atoms with Crippen LogP contribution in [0, 0.1) is 19.8 Å². The second-order valence-electron chi connectivity index (χ2n) is 11.8. The third-order valence-electron chi connectivity index (χ3n) is 7.83. The molecule has 0 atom stereocenters. The van der Waals surface area contributed by atoms with Gasteiger partial charge in [-0.3, -0.25) is 0 Å². The quantitative estimate of drug-likeness (QED) is 0.145. The van der Waals surface area contributed by atoms with Gasteiger partial charge < -0.3 is 4.40 Å². The Bertz CT molecular complexity index is 1760. The minimum Gasteiger partial charge on any atom is -0.307 e. The smallest absolute Gasteiger partial charge is 0.224 e. The van der Waals surface area contributed by atoms with Gasteiger partial charge in [0.2, 0.25) is 5.52 Å². The third-order valence-corrected chi connectivity index (χ3v) is 7.83. The van der Waals surface area contributed by atoms with Crippen LogP contribution in [0.5, 0.6) is 0 Å². The van der Waals surface area contributed by atoms with Crippen LogP contribution in [0.3, 0.4) is 0 Å². The minimum absolute atomic E-state index is 0.0275. The maximum absolute atomic E-state index is 2.62. The van der Waals surface area contributed by atoms with E-state index in [4.69, 9.17) is 0 Å². The summed E-state index contributed by atoms with van der Waals surface area (Å²) < 4.78 is 4.97. The highest BCUT2D eigenvalue weighted by Crippen LogP contribution is 2.45. The zero-order chi connectivity index (χ0) is 24.1. The molecule has 0 aliphatic carbocycles. The highest BCUT2D eigenvalue weighted by Gasteiger charge is 2.30. The van der Waals surface area contributed by atoms with Crippen LogP contribution in [0.25, 0.3) is 49.0 Å². The second-order valence-corrected chi connectivity index (χ2v) is 11.8. The van der Waals surface area contributed by atoms with Gasteiger partial charge in [-0.15, -0.1) is 0 Å². The van der Waals surface area contributed by atoms with Crippen molar-refractivity contribution in [3.63, 3.8) is 0 Å². The number of hydrogen-bond donors (Lipinski definition) is 0. The molecule has 6 aromatic rings. The standard InChI is InChI=1S/C32H35N2/c1-18(2)15-22-17-21-13-14-33(8)30-26-20(4)19(3)16-24(32(5,6)7)29(26)34-25-12-10-9-11-23(25)27(22)31(34)28(21)30/h9-14,16-18H,15H2,1-8H3/q+1. The predicted octanol–water partition coefficient (Wildman–Crippen LogP) is 7.93. The van der Waals surface area contributed by atoms with Gasteiger partial charge >= 0.3 is 0 Å². The molecule has 0 saturated heterocycles. The zero-order valence-corrected chi connectivity index (χ0v) is 21.8. The van der Waals surface area contributed by atoms with Crippen molar-refractivity contribution >= 4 is 49.0 Å². The highest BCUT2D eigenvalue weighted by molar-refractivity contribution is 6.28. The van der Waals surface area contributed by atoms with Crippen molar-refractivity contribution in [2.75, 3.05) is 0 Å². The molecule has 0 aliphatic rings. The maximum Gasteiger partial charge on any atom is 0.224 e. The normalized spacial score (nSPS) is 13.1. The molecule has 0 fully saturated rings. The Balaban J connectivity index is 2.09. The first-order chi connectivity index (χ1) is 16.1. The van der Waals surface area contributed by atoms with E-state index in [1.807, 2.05) is 0 Å². The lowest BCUT2D eigenvalue weighted by atomic mass is 9.82. The average Bonchev–Trinajstić information content (AvgIpc) is 3.11. The fourth-order valence-corrected chi connectivity index (χ4v) is 6.22. The SMILES string of the molecule is Cc1cc(C(C)(C)C)c2c(c1C)c1c3c(cc[n+]1C)cc(CC(C)C)c1c4ccccc4n2c13. The Morgan fingerprint density at radius 1 is 0.912 bits per heavy atom. The number of pyridine rings is 2. The van der Waals surface area contributed by atoms with Crippen LogP contribution in [0.2, 0.25) is 0 Å². The van der Waals surface area contributed by atoms with E-state index in [1.54, 1.807) is 0 Å². The molecular weight excluding hydrogens is 412 g/mol. The molecule has 34 heavy (non-hydrogen) atoms. The van der Waals surface area contributed by atoms with Crippen LogP contribution in [-0.4, -0.2) is 4.40 Å². The summed E-state index contributed by atoms with van der Waals surface area (Å²) in [5.74, 6) is 0.604. The van der Waals surface area contributed by atoms with Gasteiger partial charge in [-0.2, -0.15) is 0 Å². The predicted molar refractivity (Wildman–Crippen MR) is 146 cm³/mol. The number of nitrogens with zero attached hydrogens (tertiary/aromatic N) is 2. The third kappa shape index (κ3) is 2.72. The Labute approximate surface area is 202 Å². The van der Waals surface area contributed by atoms with Crippen molar-refractivity contribution in [3.8, 4) is 0 Å². The first-order valence-electron chi connectivity index (χ1n) is 12.6. The Morgan fingerprint density at radius 2 is 1.65 bits per heavy atom. The van der Waals surface area contributed by atoms with Crippen LogP contribution in [0.4, 0.5) is 0 Å². The van der Waals surface area contributed by atoms with E-state index in [0.717, 1.165) is 6.42 Å². The fourth-order valence-electron chi connectivity index (χ4n) is 6.22. The van der Waals surface area contributed by atoms with Gasteiger partial charge in [0.05, 0.1) is 27.3 Å². The van der Waals surface area contributed by atoms with Crippen molar-refractivity contribution < 1.29 is 4.57 Å². The van der Waals surface area contributed by atoms with Crippen LogP contribution >= 0.6 is 0 Å². The molecule has 0 spiro atoms. The number of aryl methyl sites for hydroxylation is 3. The van der Waals surface area contributed by atoms with Crippen molar-refractivity contribution in [3.05, 3.63) is 70.9 Å². The number of fused-ring (bicyclic) bond motifs is 6. The van der Waals surface area contributed by atoms with Gasteiger partial charge in [-0.25, -0.2) is 4.57 Å². The van der Waals surface area contributed by atoms with Crippen LogP contribution in [0.15, 0.2) is 48.7 Å². The maximum atomic E-state index is 2.62. The van der Waals surface area contributed by atoms with Crippen molar-refractivity contribution in [2.45, 2.75) is 60.3 Å². The summed E-state index contributed by atoms with van der Waals surface area (Å²) in [6, 6.07) is 16.3. The molecule has 6 rings (SSSR count). The minimum atomic E-state index is 0.0275. The van der Waals surface area contributed by atoms with E-state index < -0.39 is 0 Å². The summed E-state index contributed by atoms with van der Waals surface area (Å²) in [5.41, 5.74) is 11.1. The molecule has 0 bridgehead atoms. The van der Waals surface area contributed by atoms with E-state index >= 15 is 0 Å². The van der Waals surface area contributed by atoms with Crippen LogP contribution < -0.4 is 4.57 Å². The molecule has 0 saturated carbocycles. The number of para-hydroxylation sites is 1. The first kappa shape index (κ1) is 21.4. The largest absolute Gasteiger partial charge is 0.307 e. The van der Waals surface area contributed by atoms with Gasteiger partial charge in [0.15, 0.2) is 6.20 Å². The Hall–Kier alpha value is -3.13. The van der Waals surface area contributed by atoms with E-state index in [0.29, 0.717) is 5.92 Å². The van der Waals surface area contributed by atoms with E-state index in [-0.39, 0.29) is 5.41 Å². The average molecular weight is 448 g/mol. The Morgan fingerprint density at radius 3 is 2.35 bits per heavy atom. The van der Waals surface area contributed by atoms with Crippen LogP contribution in [0.1, 0.15) is 56.9 Å². The number of benzene rings is 3. The van der Waals surface area contributed by atoms with E-state index in [2.05, 4.69) is 113 Å². The molecule has 3 aromatic heterocycles. The number of aromatic nitrogens is 2. The van der Waals surface area contributed by atoms with E-state index in [9.17, 15) is 0 Å². The zero-order valence-electron chi connectivity index (χ0n) is 21.8. The van der Waals surface area contributed by atoms with Gasteiger partial charge in [0.1, 0.15) is 7.05 Å².